The molecule has 1 aromatic heterocycles. The standard InChI is InChI=1S/C16H17N3O/c1-11-10-12(8-9-15(11)20-3)17-16-18-13-6-4-5-7-14(13)19(16)2/h4-10H,1-3H3,(H,17,18). The molecule has 0 aliphatic carbocycles. The van der Waals surface area contributed by atoms with Gasteiger partial charge in [-0.2, -0.15) is 0 Å². The Bertz CT molecular complexity index is 762. The van der Waals surface area contributed by atoms with E-state index in [-0.39, 0.29) is 0 Å². The summed E-state index contributed by atoms with van der Waals surface area (Å²) in [5.41, 5.74) is 4.20. The number of nitrogens with one attached hydrogen (secondary N) is 1. The average Bonchev–Trinajstić information content (AvgIpc) is 2.76. The zero-order chi connectivity index (χ0) is 14.1. The van der Waals surface area contributed by atoms with E-state index < -0.39 is 0 Å². The number of aromatic nitrogens is 2. The molecular formula is C16H17N3O. The molecule has 0 saturated heterocycles. The number of rotatable bonds is 3. The van der Waals surface area contributed by atoms with Crippen molar-refractivity contribution in [1.29, 1.82) is 0 Å². The summed E-state index contributed by atoms with van der Waals surface area (Å²) in [6.07, 6.45) is 0. The first-order valence-electron chi connectivity index (χ1n) is 6.52. The number of ether oxygens (including phenoxy) is 1. The lowest BCUT2D eigenvalue weighted by Crippen LogP contribution is -1.99. The summed E-state index contributed by atoms with van der Waals surface area (Å²) >= 11 is 0. The molecule has 0 saturated carbocycles. The van der Waals surface area contributed by atoms with Gasteiger partial charge in [-0.05, 0) is 42.8 Å². The fraction of sp³-hybridized carbons (Fsp3) is 0.188. The first-order valence-corrected chi connectivity index (χ1v) is 6.52. The number of fused-ring (bicyclic) bond motifs is 1. The van der Waals surface area contributed by atoms with Crippen molar-refractivity contribution in [3.63, 3.8) is 0 Å². The normalized spacial score (nSPS) is 10.8. The summed E-state index contributed by atoms with van der Waals surface area (Å²) in [6, 6.07) is 14.1. The van der Waals surface area contributed by atoms with Gasteiger partial charge in [0.25, 0.3) is 0 Å². The fourth-order valence-electron chi connectivity index (χ4n) is 2.34. The van der Waals surface area contributed by atoms with E-state index in [4.69, 9.17) is 4.74 Å². The van der Waals surface area contributed by atoms with E-state index in [1.165, 1.54) is 0 Å². The van der Waals surface area contributed by atoms with Crippen molar-refractivity contribution in [2.45, 2.75) is 6.92 Å². The second-order valence-corrected chi connectivity index (χ2v) is 4.79. The van der Waals surface area contributed by atoms with Crippen molar-refractivity contribution >= 4 is 22.7 Å². The minimum absolute atomic E-state index is 0.829. The fourth-order valence-corrected chi connectivity index (χ4v) is 2.34. The molecule has 3 aromatic rings. The van der Waals surface area contributed by atoms with Crippen LogP contribution in [0.1, 0.15) is 5.56 Å². The molecule has 3 rings (SSSR count). The van der Waals surface area contributed by atoms with Gasteiger partial charge in [-0.15, -0.1) is 0 Å². The Morgan fingerprint density at radius 1 is 1.15 bits per heavy atom. The smallest absolute Gasteiger partial charge is 0.208 e. The monoisotopic (exact) mass is 267 g/mol. The molecule has 0 spiro atoms. The van der Waals surface area contributed by atoms with Crippen LogP contribution < -0.4 is 10.1 Å². The Labute approximate surface area is 118 Å². The summed E-state index contributed by atoms with van der Waals surface area (Å²) in [4.78, 5) is 4.60. The second kappa shape index (κ2) is 4.89. The largest absolute Gasteiger partial charge is 0.496 e. The lowest BCUT2D eigenvalue weighted by atomic mass is 10.2. The number of imidazole rings is 1. The molecule has 0 unspecified atom stereocenters. The molecule has 0 aliphatic rings. The predicted octanol–water partition coefficient (Wildman–Crippen LogP) is 3.63. The van der Waals surface area contributed by atoms with E-state index in [1.54, 1.807) is 7.11 Å². The van der Waals surface area contributed by atoms with Crippen LogP contribution in [0.25, 0.3) is 11.0 Å². The minimum atomic E-state index is 0.829. The number of hydrogen-bond donors (Lipinski definition) is 1. The lowest BCUT2D eigenvalue weighted by Gasteiger charge is -2.09. The molecule has 4 heteroatoms. The highest BCUT2D eigenvalue weighted by Crippen LogP contribution is 2.25. The Balaban J connectivity index is 1.97. The average molecular weight is 267 g/mol. The summed E-state index contributed by atoms with van der Waals surface area (Å²) < 4.78 is 7.32. The molecule has 2 aromatic carbocycles. The molecule has 1 heterocycles. The van der Waals surface area contributed by atoms with E-state index in [2.05, 4.69) is 27.0 Å². The van der Waals surface area contributed by atoms with E-state index in [0.717, 1.165) is 34.0 Å². The topological polar surface area (TPSA) is 39.1 Å². The van der Waals surface area contributed by atoms with Gasteiger partial charge in [0.05, 0.1) is 18.1 Å². The Hall–Kier alpha value is -2.49. The number of para-hydroxylation sites is 2. The number of benzene rings is 2. The van der Waals surface area contributed by atoms with Crippen LogP contribution in [0, 0.1) is 6.92 Å². The van der Waals surface area contributed by atoms with Crippen LogP contribution in [0.5, 0.6) is 5.75 Å². The van der Waals surface area contributed by atoms with Gasteiger partial charge in [0.2, 0.25) is 5.95 Å². The summed E-state index contributed by atoms with van der Waals surface area (Å²) in [7, 11) is 3.69. The first kappa shape index (κ1) is 12.5. The van der Waals surface area contributed by atoms with Gasteiger partial charge < -0.3 is 14.6 Å². The third-order valence-electron chi connectivity index (χ3n) is 3.44. The quantitative estimate of drug-likeness (QED) is 0.787. The molecule has 0 fully saturated rings. The predicted molar refractivity (Wildman–Crippen MR) is 81.7 cm³/mol. The molecule has 0 bridgehead atoms. The first-order chi connectivity index (χ1) is 9.69. The Morgan fingerprint density at radius 3 is 2.65 bits per heavy atom. The highest BCUT2D eigenvalue weighted by molar-refractivity contribution is 5.79. The number of hydrogen-bond acceptors (Lipinski definition) is 3. The molecule has 0 amide bonds. The van der Waals surface area contributed by atoms with Gasteiger partial charge in [0.15, 0.2) is 0 Å². The van der Waals surface area contributed by atoms with Crippen molar-refractivity contribution in [3.05, 3.63) is 48.0 Å². The zero-order valence-corrected chi connectivity index (χ0v) is 11.8. The van der Waals surface area contributed by atoms with Crippen LogP contribution >= 0.6 is 0 Å². The molecule has 0 atom stereocenters. The number of aryl methyl sites for hydroxylation is 2. The number of methoxy groups -OCH3 is 1. The van der Waals surface area contributed by atoms with Gasteiger partial charge in [0, 0.05) is 12.7 Å². The van der Waals surface area contributed by atoms with E-state index in [1.807, 2.05) is 44.3 Å². The van der Waals surface area contributed by atoms with Crippen LogP contribution in [0.15, 0.2) is 42.5 Å². The van der Waals surface area contributed by atoms with Crippen molar-refractivity contribution in [3.8, 4) is 5.75 Å². The van der Waals surface area contributed by atoms with Crippen LogP contribution in [0.4, 0.5) is 11.6 Å². The SMILES string of the molecule is COc1ccc(Nc2nc3ccccc3n2C)cc1C. The van der Waals surface area contributed by atoms with Crippen molar-refractivity contribution in [1.82, 2.24) is 9.55 Å². The van der Waals surface area contributed by atoms with Crippen molar-refractivity contribution in [2.75, 3.05) is 12.4 Å². The van der Waals surface area contributed by atoms with Gasteiger partial charge in [0.1, 0.15) is 5.75 Å². The third-order valence-corrected chi connectivity index (χ3v) is 3.44. The maximum Gasteiger partial charge on any atom is 0.208 e. The molecule has 0 radical (unpaired) electrons. The molecule has 20 heavy (non-hydrogen) atoms. The molecule has 4 nitrogen and oxygen atoms in total. The summed E-state index contributed by atoms with van der Waals surface area (Å²) in [6.45, 7) is 2.03. The van der Waals surface area contributed by atoms with Crippen molar-refractivity contribution in [2.24, 2.45) is 7.05 Å². The molecule has 0 aliphatic heterocycles. The van der Waals surface area contributed by atoms with Crippen LogP contribution in [-0.4, -0.2) is 16.7 Å². The second-order valence-electron chi connectivity index (χ2n) is 4.79. The van der Waals surface area contributed by atoms with Gasteiger partial charge in [-0.1, -0.05) is 12.1 Å². The Kier molecular flexibility index (Phi) is 3.06. The molecule has 1 N–H and O–H groups in total. The number of nitrogens with zero attached hydrogens (tertiary/aromatic N) is 2. The molecular weight excluding hydrogens is 250 g/mol. The van der Waals surface area contributed by atoms with Crippen LogP contribution in [-0.2, 0) is 7.05 Å². The van der Waals surface area contributed by atoms with E-state index >= 15 is 0 Å². The van der Waals surface area contributed by atoms with Crippen molar-refractivity contribution < 1.29 is 4.74 Å². The zero-order valence-electron chi connectivity index (χ0n) is 11.8. The third kappa shape index (κ3) is 2.09. The Morgan fingerprint density at radius 2 is 1.95 bits per heavy atom. The number of anilines is 2. The van der Waals surface area contributed by atoms with E-state index in [0.29, 0.717) is 0 Å². The van der Waals surface area contributed by atoms with Crippen LogP contribution in [0.2, 0.25) is 0 Å². The summed E-state index contributed by atoms with van der Waals surface area (Å²) in [5, 5.41) is 3.35. The molecule has 102 valence electrons. The highest BCUT2D eigenvalue weighted by Gasteiger charge is 2.07. The maximum absolute atomic E-state index is 5.27. The van der Waals surface area contributed by atoms with Gasteiger partial charge >= 0.3 is 0 Å². The minimum Gasteiger partial charge on any atom is -0.496 e. The highest BCUT2D eigenvalue weighted by atomic mass is 16.5. The lowest BCUT2D eigenvalue weighted by molar-refractivity contribution is 0.412. The van der Waals surface area contributed by atoms with Gasteiger partial charge in [-0.3, -0.25) is 0 Å². The van der Waals surface area contributed by atoms with E-state index in [9.17, 15) is 0 Å². The van der Waals surface area contributed by atoms with Gasteiger partial charge in [-0.25, -0.2) is 4.98 Å². The van der Waals surface area contributed by atoms with Crippen LogP contribution in [0.3, 0.4) is 0 Å². The maximum atomic E-state index is 5.27. The summed E-state index contributed by atoms with van der Waals surface area (Å²) in [5.74, 6) is 1.72.